The highest BCUT2D eigenvalue weighted by atomic mass is 32.3. The molecule has 0 atom stereocenters. The quantitative estimate of drug-likeness (QED) is 0.332. The second-order valence-corrected chi connectivity index (χ2v) is 15.9. The van der Waals surface area contributed by atoms with Crippen molar-refractivity contribution in [3.05, 3.63) is 4.24 Å². The molecule has 0 aromatic rings. The molecule has 2 heterocycles. The fourth-order valence-electron chi connectivity index (χ4n) is 3.28. The molecule has 19 heteroatoms. The Balaban J connectivity index is 2.60. The van der Waals surface area contributed by atoms with Gasteiger partial charge in [-0.2, -0.15) is 26.2 Å². The van der Waals surface area contributed by atoms with E-state index in [-0.39, 0.29) is 34.3 Å². The van der Waals surface area contributed by atoms with Crippen molar-refractivity contribution in [2.45, 2.75) is 47.7 Å². The van der Waals surface area contributed by atoms with Crippen molar-refractivity contribution in [3.63, 3.8) is 0 Å². The number of nitrogens with one attached hydrogen (secondary N) is 1. The molecule has 2 fully saturated rings. The lowest BCUT2D eigenvalue weighted by atomic mass is 10.2. The maximum absolute atomic E-state index is 14.7. The molecule has 2 aliphatic heterocycles. The predicted octanol–water partition coefficient (Wildman–Crippen LogP) is 0.638. The van der Waals surface area contributed by atoms with Crippen LogP contribution in [0.1, 0.15) is 38.5 Å². The largest absolute Gasteiger partial charge is 0.464 e. The van der Waals surface area contributed by atoms with Crippen molar-refractivity contribution in [3.8, 4) is 0 Å². The van der Waals surface area contributed by atoms with Gasteiger partial charge >= 0.3 is 9.17 Å². The summed E-state index contributed by atoms with van der Waals surface area (Å²) in [5, 5.41) is 6.80. The lowest BCUT2D eigenvalue weighted by Gasteiger charge is -2.31. The van der Waals surface area contributed by atoms with Crippen LogP contribution < -0.4 is 0 Å². The van der Waals surface area contributed by atoms with Gasteiger partial charge in [0, 0.05) is 32.0 Å². The molecule has 0 unspecified atom stereocenters. The minimum absolute atomic E-state index is 0.0604. The first-order chi connectivity index (χ1) is 14.9. The maximum Gasteiger partial charge on any atom is 0.464 e. The lowest BCUT2D eigenvalue weighted by Crippen LogP contribution is -2.53. The van der Waals surface area contributed by atoms with Crippen LogP contribution in [0.4, 0.5) is 17.6 Å². The number of rotatable bonds is 8. The summed E-state index contributed by atoms with van der Waals surface area (Å²) in [5.74, 6) is 0.410. The molecule has 2 aliphatic rings. The van der Waals surface area contributed by atoms with E-state index in [1.54, 1.807) is 0 Å². The zero-order valence-electron chi connectivity index (χ0n) is 16.9. The molecule has 192 valence electrons. The molecule has 0 aromatic carbocycles. The molecule has 2 saturated heterocycles. The van der Waals surface area contributed by atoms with Gasteiger partial charge in [0.1, 0.15) is 0 Å². The minimum atomic E-state index is -7.09. The summed E-state index contributed by atoms with van der Waals surface area (Å²) in [5.41, 5.74) is 0. The molecule has 0 amide bonds. The van der Waals surface area contributed by atoms with Crippen LogP contribution in [0.15, 0.2) is 4.24 Å². The minimum Gasteiger partial charge on any atom is -0.257 e. The highest BCUT2D eigenvalue weighted by Crippen LogP contribution is 2.43. The molecule has 0 bridgehead atoms. The van der Waals surface area contributed by atoms with E-state index in [1.165, 1.54) is 0 Å². The monoisotopic (exact) mass is 563 g/mol. The Morgan fingerprint density at radius 3 is 1.12 bits per heavy atom. The van der Waals surface area contributed by atoms with Gasteiger partial charge in [0.05, 0.1) is 0 Å². The second-order valence-electron chi connectivity index (χ2n) is 7.28. The van der Waals surface area contributed by atoms with Gasteiger partial charge in [0.15, 0.2) is 0 Å². The van der Waals surface area contributed by atoms with E-state index in [0.29, 0.717) is 18.7 Å². The number of hydrogen-bond acceptors (Lipinski definition) is 9. The van der Waals surface area contributed by atoms with Crippen molar-refractivity contribution in [2.75, 3.05) is 26.2 Å². The van der Waals surface area contributed by atoms with Crippen LogP contribution in [-0.4, -0.2) is 83.5 Å². The molecule has 0 radical (unpaired) electrons. The standard InChI is InChI=1S/C14H21F4N3O8S4/c15-13(16,32(26,27)20-7-3-1-4-8-20)30(22,23)12(11-19)31(24,25)14(17,18)33(28,29)21-9-5-2-6-10-21/h19H,1-10H2. The second kappa shape index (κ2) is 9.16. The topological polar surface area (TPSA) is 167 Å². The molecule has 0 aliphatic carbocycles. The molecule has 0 saturated carbocycles. The first kappa shape index (κ1) is 28.1. The van der Waals surface area contributed by atoms with Gasteiger partial charge in [0.2, 0.25) is 4.24 Å². The summed E-state index contributed by atoms with van der Waals surface area (Å²) in [6, 6.07) is 0. The average molecular weight is 564 g/mol. The molecule has 2 rings (SSSR count). The fraction of sp³-hybridized carbons (Fsp3) is 0.857. The van der Waals surface area contributed by atoms with Gasteiger partial charge in [0.25, 0.3) is 39.7 Å². The van der Waals surface area contributed by atoms with Crippen molar-refractivity contribution >= 4 is 45.6 Å². The van der Waals surface area contributed by atoms with Gasteiger partial charge < -0.3 is 0 Å². The number of nitrogens with zero attached hydrogens (tertiary/aromatic N) is 2. The van der Waals surface area contributed by atoms with Crippen LogP contribution in [0.25, 0.3) is 0 Å². The predicted molar refractivity (Wildman–Crippen MR) is 108 cm³/mol. The number of sulfone groups is 2. The Bertz CT molecular complexity index is 1150. The third-order valence-electron chi connectivity index (χ3n) is 5.13. The summed E-state index contributed by atoms with van der Waals surface area (Å²) >= 11 is 0. The Labute approximate surface area is 188 Å². The number of piperidine rings is 2. The van der Waals surface area contributed by atoms with E-state index >= 15 is 0 Å². The number of halogens is 4. The van der Waals surface area contributed by atoms with Crippen molar-refractivity contribution in [1.82, 2.24) is 8.61 Å². The lowest BCUT2D eigenvalue weighted by molar-refractivity contribution is 0.164. The smallest absolute Gasteiger partial charge is 0.257 e. The van der Waals surface area contributed by atoms with Gasteiger partial charge in [-0.15, -0.1) is 0 Å². The zero-order valence-corrected chi connectivity index (χ0v) is 20.1. The molecule has 11 nitrogen and oxygen atoms in total. The highest BCUT2D eigenvalue weighted by molar-refractivity contribution is 8.24. The SMILES string of the molecule is N=C=C(S(=O)(=O)C(F)(F)S(=O)(=O)N1CCCCC1)S(=O)(=O)C(F)(F)S(=O)(=O)N1CCCCC1. The summed E-state index contributed by atoms with van der Waals surface area (Å²) in [6.45, 7) is -2.15. The van der Waals surface area contributed by atoms with Crippen molar-refractivity contribution in [1.29, 1.82) is 5.41 Å². The summed E-state index contributed by atoms with van der Waals surface area (Å²) < 4.78 is 143. The Kier molecular flexibility index (Phi) is 7.81. The van der Waals surface area contributed by atoms with E-state index in [0.717, 1.165) is 0 Å². The molecule has 1 N–H and O–H groups in total. The van der Waals surface area contributed by atoms with Crippen molar-refractivity contribution in [2.24, 2.45) is 0 Å². The summed E-state index contributed by atoms with van der Waals surface area (Å²) in [7, 11) is -26.4. The van der Waals surface area contributed by atoms with Crippen molar-refractivity contribution < 1.29 is 51.2 Å². The Morgan fingerprint density at radius 2 is 0.879 bits per heavy atom. The van der Waals surface area contributed by atoms with Gasteiger partial charge in [-0.1, -0.05) is 12.8 Å². The Hall–Kier alpha value is -1.11. The Morgan fingerprint density at radius 1 is 0.606 bits per heavy atom. The zero-order chi connectivity index (χ0) is 25.5. The van der Waals surface area contributed by atoms with Crippen LogP contribution in [0.3, 0.4) is 0 Å². The van der Waals surface area contributed by atoms with Crippen LogP contribution in [0.5, 0.6) is 0 Å². The fourth-order valence-corrected chi connectivity index (χ4v) is 11.5. The first-order valence-electron chi connectivity index (χ1n) is 9.44. The third kappa shape index (κ3) is 4.36. The molecule has 33 heavy (non-hydrogen) atoms. The summed E-state index contributed by atoms with van der Waals surface area (Å²) in [6.07, 6.45) is 1.18. The normalized spacial score (nSPS) is 20.8. The average Bonchev–Trinajstić information content (AvgIpc) is 2.74. The molecular weight excluding hydrogens is 542 g/mol. The van der Waals surface area contributed by atoms with E-state index in [9.17, 15) is 51.2 Å². The molecule has 0 spiro atoms. The number of sulfonamides is 2. The first-order valence-corrected chi connectivity index (χ1v) is 15.3. The number of hydrogen-bond donors (Lipinski definition) is 1. The van der Waals surface area contributed by atoms with Crippen LogP contribution >= 0.6 is 0 Å². The van der Waals surface area contributed by atoms with Crippen LogP contribution in [0.2, 0.25) is 0 Å². The van der Waals surface area contributed by atoms with Gasteiger partial charge in [-0.3, -0.25) is 5.41 Å². The van der Waals surface area contributed by atoms with Gasteiger partial charge in [-0.05, 0) is 25.7 Å². The molecular formula is C14H21F4N3O8S4. The van der Waals surface area contributed by atoms with E-state index in [2.05, 4.69) is 0 Å². The maximum atomic E-state index is 14.7. The van der Waals surface area contributed by atoms with E-state index < -0.39 is 79.3 Å². The van der Waals surface area contributed by atoms with E-state index in [4.69, 9.17) is 5.41 Å². The van der Waals surface area contributed by atoms with Gasteiger partial charge in [-0.25, -0.2) is 33.7 Å². The molecule has 0 aromatic heterocycles. The highest BCUT2D eigenvalue weighted by Gasteiger charge is 2.70. The number of alkyl halides is 4. The van der Waals surface area contributed by atoms with Crippen LogP contribution in [0, 0.1) is 5.41 Å². The van der Waals surface area contributed by atoms with Crippen LogP contribution in [-0.2, 0) is 39.7 Å². The third-order valence-corrected chi connectivity index (χ3v) is 14.7. The summed E-state index contributed by atoms with van der Waals surface area (Å²) in [4.78, 5) is 0. The van der Waals surface area contributed by atoms with E-state index in [1.807, 2.05) is 0 Å².